The number of benzene rings is 2. The van der Waals surface area contributed by atoms with Crippen LogP contribution in [-0.4, -0.2) is 23.9 Å². The van der Waals surface area contributed by atoms with Gasteiger partial charge in [0.1, 0.15) is 0 Å². The van der Waals surface area contributed by atoms with E-state index in [1.807, 2.05) is 6.07 Å². The fraction of sp³-hybridized carbons (Fsp3) is 0.409. The zero-order chi connectivity index (χ0) is 18.2. The van der Waals surface area contributed by atoms with Crippen LogP contribution in [0.15, 0.2) is 48.5 Å². The van der Waals surface area contributed by atoms with Crippen molar-refractivity contribution < 1.29 is 4.79 Å². The number of hydrogen-bond acceptors (Lipinski definition) is 2. The Kier molecular flexibility index (Phi) is 7.20. The first-order valence-corrected chi connectivity index (χ1v) is 9.17. The van der Waals surface area contributed by atoms with E-state index in [4.69, 9.17) is 0 Å². The summed E-state index contributed by atoms with van der Waals surface area (Å²) in [7, 11) is 0. The monoisotopic (exact) mass is 338 g/mol. The van der Waals surface area contributed by atoms with Gasteiger partial charge in [0.25, 0.3) is 0 Å². The van der Waals surface area contributed by atoms with Crippen molar-refractivity contribution >= 4 is 11.6 Å². The van der Waals surface area contributed by atoms with Gasteiger partial charge >= 0.3 is 0 Å². The lowest BCUT2D eigenvalue weighted by Gasteiger charge is -2.21. The molecule has 0 heterocycles. The molecule has 134 valence electrons. The molecule has 0 saturated carbocycles. The van der Waals surface area contributed by atoms with Gasteiger partial charge in [0.2, 0.25) is 5.91 Å². The molecule has 0 fully saturated rings. The van der Waals surface area contributed by atoms with Crippen molar-refractivity contribution in [3.63, 3.8) is 0 Å². The summed E-state index contributed by atoms with van der Waals surface area (Å²) >= 11 is 0. The lowest BCUT2D eigenvalue weighted by Crippen LogP contribution is -2.27. The largest absolute Gasteiger partial charge is 0.326 e. The number of hydrogen-bond donors (Lipinski definition) is 1. The number of carbonyl (C=O) groups is 1. The first-order chi connectivity index (χ1) is 12.0. The van der Waals surface area contributed by atoms with Crippen molar-refractivity contribution in [2.45, 2.75) is 46.6 Å². The second kappa shape index (κ2) is 9.38. The molecule has 2 aromatic rings. The van der Waals surface area contributed by atoms with Crippen LogP contribution in [0.25, 0.3) is 0 Å². The molecule has 2 aromatic carbocycles. The molecule has 0 saturated heterocycles. The highest BCUT2D eigenvalue weighted by Crippen LogP contribution is 2.27. The van der Waals surface area contributed by atoms with Gasteiger partial charge in [-0.25, -0.2) is 0 Å². The predicted molar refractivity (Wildman–Crippen MR) is 106 cm³/mol. The SMILES string of the molecule is CCN(CCC(=O)Nc1c(C)cccc1C(C)C)Cc1ccccc1. The minimum Gasteiger partial charge on any atom is -0.326 e. The van der Waals surface area contributed by atoms with Gasteiger partial charge in [0.05, 0.1) is 0 Å². The Labute approximate surface area is 152 Å². The van der Waals surface area contributed by atoms with E-state index in [0.29, 0.717) is 12.3 Å². The lowest BCUT2D eigenvalue weighted by molar-refractivity contribution is -0.116. The standard InChI is InChI=1S/C22H30N2O/c1-5-24(16-19-11-7-6-8-12-19)15-14-21(25)23-22-18(4)10-9-13-20(22)17(2)3/h6-13,17H,5,14-16H2,1-4H3,(H,23,25). The van der Waals surface area contributed by atoms with Gasteiger partial charge in [0, 0.05) is 25.2 Å². The smallest absolute Gasteiger partial charge is 0.225 e. The fourth-order valence-corrected chi connectivity index (χ4v) is 2.99. The van der Waals surface area contributed by atoms with Gasteiger partial charge in [0.15, 0.2) is 0 Å². The van der Waals surface area contributed by atoms with E-state index in [9.17, 15) is 4.79 Å². The summed E-state index contributed by atoms with van der Waals surface area (Å²) in [5, 5.41) is 3.14. The summed E-state index contributed by atoms with van der Waals surface area (Å²) in [6.07, 6.45) is 0.506. The molecule has 0 radical (unpaired) electrons. The summed E-state index contributed by atoms with van der Waals surface area (Å²) in [6, 6.07) is 16.6. The van der Waals surface area contributed by atoms with E-state index in [0.717, 1.165) is 30.9 Å². The van der Waals surface area contributed by atoms with Crippen LogP contribution in [0.2, 0.25) is 0 Å². The van der Waals surface area contributed by atoms with Gasteiger partial charge in [-0.3, -0.25) is 9.69 Å². The van der Waals surface area contributed by atoms with E-state index in [1.54, 1.807) is 0 Å². The molecule has 0 aromatic heterocycles. The van der Waals surface area contributed by atoms with E-state index < -0.39 is 0 Å². The van der Waals surface area contributed by atoms with Crippen LogP contribution in [0.3, 0.4) is 0 Å². The van der Waals surface area contributed by atoms with Crippen molar-refractivity contribution in [1.82, 2.24) is 4.90 Å². The number of amides is 1. The molecular formula is C22H30N2O. The first-order valence-electron chi connectivity index (χ1n) is 9.17. The summed E-state index contributed by atoms with van der Waals surface area (Å²) in [5.74, 6) is 0.475. The van der Waals surface area contributed by atoms with E-state index >= 15 is 0 Å². The summed E-state index contributed by atoms with van der Waals surface area (Å²) in [5.41, 5.74) is 4.58. The Morgan fingerprint density at radius 3 is 2.44 bits per heavy atom. The maximum absolute atomic E-state index is 12.5. The van der Waals surface area contributed by atoms with E-state index in [1.165, 1.54) is 11.1 Å². The third-order valence-corrected chi connectivity index (χ3v) is 4.54. The molecule has 1 N–H and O–H groups in total. The van der Waals surface area contributed by atoms with Crippen molar-refractivity contribution in [2.75, 3.05) is 18.4 Å². The fourth-order valence-electron chi connectivity index (χ4n) is 2.99. The van der Waals surface area contributed by atoms with Gasteiger partial charge in [-0.15, -0.1) is 0 Å². The van der Waals surface area contributed by atoms with Crippen LogP contribution in [-0.2, 0) is 11.3 Å². The maximum Gasteiger partial charge on any atom is 0.225 e. The van der Waals surface area contributed by atoms with Gasteiger partial charge in [-0.1, -0.05) is 69.3 Å². The van der Waals surface area contributed by atoms with Crippen LogP contribution in [0.4, 0.5) is 5.69 Å². The molecule has 0 atom stereocenters. The number of rotatable bonds is 8. The molecule has 25 heavy (non-hydrogen) atoms. The second-order valence-electron chi connectivity index (χ2n) is 6.85. The molecule has 3 nitrogen and oxygen atoms in total. The summed E-state index contributed by atoms with van der Waals surface area (Å²) in [4.78, 5) is 14.8. The molecule has 3 heteroatoms. The van der Waals surface area contributed by atoms with Crippen molar-refractivity contribution in [3.05, 3.63) is 65.2 Å². The van der Waals surface area contributed by atoms with Crippen LogP contribution in [0.5, 0.6) is 0 Å². The van der Waals surface area contributed by atoms with E-state index in [-0.39, 0.29) is 5.91 Å². The Morgan fingerprint density at radius 2 is 1.80 bits per heavy atom. The van der Waals surface area contributed by atoms with Gasteiger partial charge < -0.3 is 5.32 Å². The molecule has 1 amide bonds. The Morgan fingerprint density at radius 1 is 1.08 bits per heavy atom. The number of carbonyl (C=O) groups excluding carboxylic acids is 1. The molecule has 0 spiro atoms. The van der Waals surface area contributed by atoms with Crippen LogP contribution < -0.4 is 5.32 Å². The topological polar surface area (TPSA) is 32.3 Å². The Hall–Kier alpha value is -2.13. The number of para-hydroxylation sites is 1. The van der Waals surface area contributed by atoms with Crippen molar-refractivity contribution in [3.8, 4) is 0 Å². The lowest BCUT2D eigenvalue weighted by atomic mass is 9.98. The molecule has 0 aliphatic carbocycles. The molecule has 0 bridgehead atoms. The van der Waals surface area contributed by atoms with Crippen LogP contribution >= 0.6 is 0 Å². The normalized spacial score (nSPS) is 11.1. The third-order valence-electron chi connectivity index (χ3n) is 4.54. The minimum absolute atomic E-state index is 0.0858. The van der Waals surface area contributed by atoms with Gasteiger partial charge in [-0.2, -0.15) is 0 Å². The van der Waals surface area contributed by atoms with E-state index in [2.05, 4.69) is 80.4 Å². The predicted octanol–water partition coefficient (Wildman–Crippen LogP) is 4.97. The zero-order valence-corrected chi connectivity index (χ0v) is 15.9. The number of aryl methyl sites for hydroxylation is 1. The Bertz CT molecular complexity index is 680. The first kappa shape index (κ1) is 19.2. The van der Waals surface area contributed by atoms with Crippen LogP contribution in [0, 0.1) is 6.92 Å². The number of nitrogens with one attached hydrogen (secondary N) is 1. The van der Waals surface area contributed by atoms with Crippen LogP contribution in [0.1, 0.15) is 49.8 Å². The third kappa shape index (κ3) is 5.71. The molecule has 2 rings (SSSR count). The average Bonchev–Trinajstić information content (AvgIpc) is 2.61. The highest BCUT2D eigenvalue weighted by atomic mass is 16.1. The zero-order valence-electron chi connectivity index (χ0n) is 15.9. The highest BCUT2D eigenvalue weighted by molar-refractivity contribution is 5.92. The average molecular weight is 338 g/mol. The molecule has 0 aliphatic heterocycles. The van der Waals surface area contributed by atoms with Crippen molar-refractivity contribution in [2.24, 2.45) is 0 Å². The summed E-state index contributed by atoms with van der Waals surface area (Å²) in [6.45, 7) is 11.1. The summed E-state index contributed by atoms with van der Waals surface area (Å²) < 4.78 is 0. The minimum atomic E-state index is 0.0858. The van der Waals surface area contributed by atoms with Gasteiger partial charge in [-0.05, 0) is 36.1 Å². The highest BCUT2D eigenvalue weighted by Gasteiger charge is 2.13. The number of nitrogens with zero attached hydrogens (tertiary/aromatic N) is 1. The maximum atomic E-state index is 12.5. The quantitative estimate of drug-likeness (QED) is 0.737. The molecule has 0 aliphatic rings. The molecule has 0 unspecified atom stereocenters. The second-order valence-corrected chi connectivity index (χ2v) is 6.85. The number of anilines is 1. The molecular weight excluding hydrogens is 308 g/mol. The van der Waals surface area contributed by atoms with Crippen molar-refractivity contribution in [1.29, 1.82) is 0 Å². The Balaban J connectivity index is 1.94.